The zero-order valence-corrected chi connectivity index (χ0v) is 26.2. The van der Waals surface area contributed by atoms with Gasteiger partial charge in [0.2, 0.25) is 5.71 Å². The second kappa shape index (κ2) is 10.9. The quantitative estimate of drug-likeness (QED) is 0.194. The van der Waals surface area contributed by atoms with Crippen LogP contribution in [0.1, 0.15) is 0 Å². The number of pyridine rings is 1. The van der Waals surface area contributed by atoms with Crippen molar-refractivity contribution in [1.29, 1.82) is 0 Å². The molecule has 10 aromatic rings. The molecule has 3 aromatic heterocycles. The number of hydrogen-bond acceptors (Lipinski definition) is 5. The van der Waals surface area contributed by atoms with Gasteiger partial charge >= 0.3 is 0 Å². The van der Waals surface area contributed by atoms with E-state index in [1.807, 2.05) is 54.6 Å². The number of furan rings is 1. The summed E-state index contributed by atoms with van der Waals surface area (Å²) in [6.45, 7) is 0. The number of aromatic nitrogens is 4. The molecule has 10 rings (SSSR count). The van der Waals surface area contributed by atoms with Crippen LogP contribution in [0.15, 0.2) is 162 Å². The van der Waals surface area contributed by atoms with Crippen LogP contribution in [0.25, 0.3) is 99.8 Å². The van der Waals surface area contributed by atoms with Crippen LogP contribution in [-0.4, -0.2) is 19.9 Å². The van der Waals surface area contributed by atoms with Gasteiger partial charge in [0.1, 0.15) is 5.58 Å². The van der Waals surface area contributed by atoms with Crippen molar-refractivity contribution in [1.82, 2.24) is 19.9 Å². The first-order valence-corrected chi connectivity index (χ1v) is 16.3. The van der Waals surface area contributed by atoms with E-state index in [1.165, 1.54) is 5.39 Å². The molecule has 3 heterocycles. The van der Waals surface area contributed by atoms with Crippen LogP contribution in [0.2, 0.25) is 0 Å². The van der Waals surface area contributed by atoms with Crippen molar-refractivity contribution < 1.29 is 4.42 Å². The molecular formula is C44H26N4O. The average molecular weight is 627 g/mol. The molecule has 228 valence electrons. The minimum Gasteiger partial charge on any atom is -0.438 e. The average Bonchev–Trinajstić information content (AvgIpc) is 3.54. The summed E-state index contributed by atoms with van der Waals surface area (Å²) in [6, 6.07) is 54.3. The van der Waals surface area contributed by atoms with Gasteiger partial charge in [0.25, 0.3) is 0 Å². The van der Waals surface area contributed by atoms with E-state index in [0.717, 1.165) is 71.2 Å². The zero-order valence-electron chi connectivity index (χ0n) is 26.2. The van der Waals surface area contributed by atoms with Crippen molar-refractivity contribution in [3.8, 4) is 45.3 Å². The highest BCUT2D eigenvalue weighted by Gasteiger charge is 2.17. The summed E-state index contributed by atoms with van der Waals surface area (Å²) >= 11 is 0. The SMILES string of the molecule is c1ccc(-c2nc(-c3ccc4ccccc4c3)nc(-c3ccc4c(-c5cccc6oc7nc8ccccc8cc7c56)cccc4c3)n2)cc1. The first-order valence-electron chi connectivity index (χ1n) is 16.3. The molecule has 5 heteroatoms. The lowest BCUT2D eigenvalue weighted by Gasteiger charge is -2.12. The number of benzene rings is 7. The van der Waals surface area contributed by atoms with Gasteiger partial charge in [-0.1, -0.05) is 127 Å². The molecule has 0 saturated heterocycles. The highest BCUT2D eigenvalue weighted by Crippen LogP contribution is 2.40. The minimum absolute atomic E-state index is 0.630. The lowest BCUT2D eigenvalue weighted by atomic mass is 9.94. The van der Waals surface area contributed by atoms with Crippen molar-refractivity contribution in [3.63, 3.8) is 0 Å². The Labute approximate surface area is 281 Å². The van der Waals surface area contributed by atoms with E-state index >= 15 is 0 Å². The molecule has 0 aliphatic carbocycles. The summed E-state index contributed by atoms with van der Waals surface area (Å²) in [4.78, 5) is 19.8. The van der Waals surface area contributed by atoms with Crippen molar-refractivity contribution in [3.05, 3.63) is 158 Å². The van der Waals surface area contributed by atoms with Gasteiger partial charge < -0.3 is 4.42 Å². The number of nitrogens with zero attached hydrogens (tertiary/aromatic N) is 4. The number of rotatable bonds is 4. The molecule has 5 nitrogen and oxygen atoms in total. The first kappa shape index (κ1) is 27.4. The Hall–Kier alpha value is -6.72. The summed E-state index contributed by atoms with van der Waals surface area (Å²) in [5.41, 5.74) is 7.45. The Morgan fingerprint density at radius 3 is 1.84 bits per heavy atom. The van der Waals surface area contributed by atoms with Crippen molar-refractivity contribution in [2.24, 2.45) is 0 Å². The molecular weight excluding hydrogens is 601 g/mol. The summed E-state index contributed by atoms with van der Waals surface area (Å²) in [5.74, 6) is 1.91. The Balaban J connectivity index is 1.14. The monoisotopic (exact) mass is 626 g/mol. The van der Waals surface area contributed by atoms with E-state index in [9.17, 15) is 0 Å². The summed E-state index contributed by atoms with van der Waals surface area (Å²) in [6.07, 6.45) is 0. The van der Waals surface area contributed by atoms with Crippen molar-refractivity contribution >= 4 is 54.5 Å². The predicted molar refractivity (Wildman–Crippen MR) is 199 cm³/mol. The lowest BCUT2D eigenvalue weighted by molar-refractivity contribution is 0.656. The van der Waals surface area contributed by atoms with Gasteiger partial charge in [-0.2, -0.15) is 0 Å². The molecule has 7 aromatic carbocycles. The second-order valence-electron chi connectivity index (χ2n) is 12.3. The summed E-state index contributed by atoms with van der Waals surface area (Å²) in [7, 11) is 0. The molecule has 0 bridgehead atoms. The van der Waals surface area contributed by atoms with E-state index in [-0.39, 0.29) is 0 Å². The third-order valence-electron chi connectivity index (χ3n) is 9.30. The first-order chi connectivity index (χ1) is 24.2. The van der Waals surface area contributed by atoms with Gasteiger partial charge in [-0.3, -0.25) is 0 Å². The van der Waals surface area contributed by atoms with E-state index in [1.54, 1.807) is 0 Å². The molecule has 0 fully saturated rings. The molecule has 0 spiro atoms. The van der Waals surface area contributed by atoms with Gasteiger partial charge in [0.15, 0.2) is 17.5 Å². The number of para-hydroxylation sites is 1. The standard InChI is InChI=1S/C44H26N4O/c1-2-11-28(12-3-1)41-46-42(32-21-20-27-10-4-5-13-29(27)24-32)48-43(47-41)33-22-23-34-30(25-33)15-8-16-35(34)36-17-9-19-39-40(36)37-26-31-14-6-7-18-38(31)45-44(37)49-39/h1-26H. The van der Waals surface area contributed by atoms with E-state index < -0.39 is 0 Å². The Morgan fingerprint density at radius 2 is 1.00 bits per heavy atom. The van der Waals surface area contributed by atoms with E-state index in [2.05, 4.69) is 103 Å². The Kier molecular flexibility index (Phi) is 6.11. The summed E-state index contributed by atoms with van der Waals surface area (Å²) < 4.78 is 6.30. The lowest BCUT2D eigenvalue weighted by Crippen LogP contribution is -2.00. The summed E-state index contributed by atoms with van der Waals surface area (Å²) in [5, 5.41) is 7.72. The molecule has 0 saturated carbocycles. The van der Waals surface area contributed by atoms with Gasteiger partial charge in [-0.25, -0.2) is 19.9 Å². The third-order valence-corrected chi connectivity index (χ3v) is 9.30. The largest absolute Gasteiger partial charge is 0.438 e. The fourth-order valence-corrected chi connectivity index (χ4v) is 6.91. The number of hydrogen-bond donors (Lipinski definition) is 0. The molecule has 0 atom stereocenters. The van der Waals surface area contributed by atoms with Crippen LogP contribution in [0.3, 0.4) is 0 Å². The zero-order chi connectivity index (χ0) is 32.3. The molecule has 0 amide bonds. The molecule has 49 heavy (non-hydrogen) atoms. The second-order valence-corrected chi connectivity index (χ2v) is 12.3. The Bertz CT molecular complexity index is 2890. The fourth-order valence-electron chi connectivity index (χ4n) is 6.91. The fraction of sp³-hybridized carbons (Fsp3) is 0. The van der Waals surface area contributed by atoms with Gasteiger partial charge in [0.05, 0.1) is 5.52 Å². The molecule has 0 aliphatic heterocycles. The minimum atomic E-state index is 0.630. The van der Waals surface area contributed by atoms with E-state index in [4.69, 9.17) is 24.4 Å². The highest BCUT2D eigenvalue weighted by molar-refractivity contribution is 6.16. The van der Waals surface area contributed by atoms with Crippen LogP contribution < -0.4 is 0 Å². The van der Waals surface area contributed by atoms with Gasteiger partial charge in [-0.15, -0.1) is 0 Å². The number of fused-ring (bicyclic) bond motifs is 6. The van der Waals surface area contributed by atoms with Crippen LogP contribution in [-0.2, 0) is 0 Å². The maximum absolute atomic E-state index is 6.30. The van der Waals surface area contributed by atoms with Crippen LogP contribution in [0.5, 0.6) is 0 Å². The maximum Gasteiger partial charge on any atom is 0.227 e. The third kappa shape index (κ3) is 4.63. The van der Waals surface area contributed by atoms with E-state index in [0.29, 0.717) is 23.2 Å². The topological polar surface area (TPSA) is 64.7 Å². The molecule has 0 N–H and O–H groups in total. The van der Waals surface area contributed by atoms with Crippen LogP contribution in [0, 0.1) is 0 Å². The molecule has 0 radical (unpaired) electrons. The smallest absolute Gasteiger partial charge is 0.227 e. The highest BCUT2D eigenvalue weighted by atomic mass is 16.3. The van der Waals surface area contributed by atoms with Gasteiger partial charge in [-0.05, 0) is 63.0 Å². The normalized spacial score (nSPS) is 11.7. The Morgan fingerprint density at radius 1 is 0.367 bits per heavy atom. The predicted octanol–water partition coefficient (Wildman–Crippen LogP) is 11.3. The van der Waals surface area contributed by atoms with Crippen LogP contribution >= 0.6 is 0 Å². The molecule has 0 aliphatic rings. The molecule has 0 unspecified atom stereocenters. The maximum atomic E-state index is 6.30. The van der Waals surface area contributed by atoms with Gasteiger partial charge in [0, 0.05) is 32.8 Å². The van der Waals surface area contributed by atoms with Crippen molar-refractivity contribution in [2.45, 2.75) is 0 Å². The van der Waals surface area contributed by atoms with Crippen molar-refractivity contribution in [2.75, 3.05) is 0 Å². The van der Waals surface area contributed by atoms with Crippen LogP contribution in [0.4, 0.5) is 0 Å².